The average Bonchev–Trinajstić information content (AvgIpc) is 3.69. The summed E-state index contributed by atoms with van der Waals surface area (Å²) in [6.07, 6.45) is -7.75. The number of nitrogens with one attached hydrogen (secondary N) is 3. The fourth-order valence-electron chi connectivity index (χ4n) is 5.16. The highest BCUT2D eigenvalue weighted by Crippen LogP contribution is 2.31. The van der Waals surface area contributed by atoms with E-state index in [2.05, 4.69) is 31.2 Å². The predicted molar refractivity (Wildman–Crippen MR) is 166 cm³/mol. The first-order chi connectivity index (χ1) is 21.8. The zero-order valence-corrected chi connectivity index (χ0v) is 25.4. The summed E-state index contributed by atoms with van der Waals surface area (Å²) in [5.74, 6) is -1.62. The average molecular weight is 678 g/mol. The molecule has 0 radical (unpaired) electrons. The molecule has 1 saturated heterocycles. The molecule has 3 aromatic carbocycles. The highest BCUT2D eigenvalue weighted by atomic mass is 79.9. The normalized spacial score (nSPS) is 21.4. The molecule has 2 aromatic heterocycles. The molecule has 232 valence electrons. The Bertz CT molecular complexity index is 1770. The zero-order chi connectivity index (χ0) is 31.5. The largest absolute Gasteiger partial charge is 0.449 e. The monoisotopic (exact) mass is 677 g/mol. The van der Waals surface area contributed by atoms with Crippen LogP contribution in [0.1, 0.15) is 21.0 Å². The second-order valence-corrected chi connectivity index (χ2v) is 11.2. The van der Waals surface area contributed by atoms with E-state index >= 15 is 0 Å². The first-order valence-electron chi connectivity index (χ1n) is 13.9. The third-order valence-electron chi connectivity index (χ3n) is 7.32. The summed E-state index contributed by atoms with van der Waals surface area (Å²) < 4.78 is 29.6. The quantitative estimate of drug-likeness (QED) is 0.129. The number of halogens is 1. The predicted octanol–water partition coefficient (Wildman–Crippen LogP) is 5.14. The number of aromatic amines is 2. The molecular formula is C32H28BrN3O9. The van der Waals surface area contributed by atoms with Crippen molar-refractivity contribution in [3.05, 3.63) is 101 Å². The van der Waals surface area contributed by atoms with E-state index in [9.17, 15) is 19.5 Å². The number of amides is 1. The number of para-hydroxylation sites is 2. The van der Waals surface area contributed by atoms with Crippen molar-refractivity contribution < 1.29 is 43.2 Å². The van der Waals surface area contributed by atoms with E-state index in [1.165, 1.54) is 7.11 Å². The van der Waals surface area contributed by atoms with Gasteiger partial charge in [0.25, 0.3) is 0 Å². The van der Waals surface area contributed by atoms with Gasteiger partial charge in [0.05, 0.1) is 6.61 Å². The van der Waals surface area contributed by atoms with E-state index in [0.717, 1.165) is 15.2 Å². The van der Waals surface area contributed by atoms with Crippen LogP contribution in [0.5, 0.6) is 0 Å². The number of ether oxygens (including phenoxy) is 5. The molecule has 4 N–H and O–H groups in total. The lowest BCUT2D eigenvalue weighted by Crippen LogP contribution is -2.63. The number of carbonyl (C=O) groups is 3. The molecule has 1 aliphatic rings. The fourth-order valence-corrected chi connectivity index (χ4v) is 5.43. The molecule has 5 atom stereocenters. The van der Waals surface area contributed by atoms with Crippen molar-refractivity contribution in [3.8, 4) is 0 Å². The van der Waals surface area contributed by atoms with Gasteiger partial charge < -0.3 is 38.8 Å². The number of aliphatic hydroxyl groups excluding tert-OH is 1. The van der Waals surface area contributed by atoms with Crippen LogP contribution in [0.15, 0.2) is 89.4 Å². The maximum Gasteiger partial charge on any atom is 0.412 e. The Morgan fingerprint density at radius 1 is 0.800 bits per heavy atom. The van der Waals surface area contributed by atoms with Gasteiger partial charge in [-0.1, -0.05) is 52.3 Å². The SMILES string of the molecule is CO[C@H]1O[C@H](CO)[C@@H](OC(=O)Nc2ccc(Br)cc2)[C@H](OC(=O)c2cc3ccccc3[nH]2)[C@@H]1OC(=O)c1cc2ccccc2[nH]1. The third kappa shape index (κ3) is 6.56. The molecular weight excluding hydrogens is 650 g/mol. The molecule has 3 heterocycles. The van der Waals surface area contributed by atoms with Crippen molar-refractivity contribution in [1.82, 2.24) is 9.97 Å². The van der Waals surface area contributed by atoms with Crippen molar-refractivity contribution in [2.45, 2.75) is 30.7 Å². The van der Waals surface area contributed by atoms with Gasteiger partial charge in [-0.3, -0.25) is 5.32 Å². The minimum atomic E-state index is -1.47. The number of carbonyl (C=O) groups excluding carboxylic acids is 3. The van der Waals surface area contributed by atoms with Gasteiger partial charge in [-0.05, 0) is 48.5 Å². The minimum Gasteiger partial charge on any atom is -0.449 e. The summed E-state index contributed by atoms with van der Waals surface area (Å²) >= 11 is 3.34. The standard InChI is InChI=1S/C32H28BrN3O9/c1-41-31-28(44-30(39)24-15-18-7-3-5-9-22(18)36-24)27(43-29(38)23-14-17-6-2-4-8-21(17)35-23)26(25(16-37)42-31)45-32(40)34-20-12-10-19(33)11-13-20/h2-15,25-28,31,35-37H,16H2,1H3,(H,34,40)/t25-,26-,27+,28+,31+/m1/s1. The number of methoxy groups -OCH3 is 1. The van der Waals surface area contributed by atoms with Gasteiger partial charge in [0.1, 0.15) is 17.5 Å². The van der Waals surface area contributed by atoms with Gasteiger partial charge in [-0.25, -0.2) is 14.4 Å². The van der Waals surface area contributed by atoms with Crippen molar-refractivity contribution in [3.63, 3.8) is 0 Å². The summed E-state index contributed by atoms with van der Waals surface area (Å²) in [6.45, 7) is -0.640. The Balaban J connectivity index is 1.32. The molecule has 1 fully saturated rings. The molecule has 0 unspecified atom stereocenters. The molecule has 12 nitrogen and oxygen atoms in total. The van der Waals surface area contributed by atoms with E-state index in [4.69, 9.17) is 23.7 Å². The lowest BCUT2D eigenvalue weighted by Gasteiger charge is -2.43. The zero-order valence-electron chi connectivity index (χ0n) is 23.8. The van der Waals surface area contributed by atoms with Crippen LogP contribution in [0, 0.1) is 0 Å². The number of fused-ring (bicyclic) bond motifs is 2. The Hall–Kier alpha value is -4.69. The summed E-state index contributed by atoms with van der Waals surface area (Å²) in [5, 5.41) is 14.4. The molecule has 13 heteroatoms. The smallest absolute Gasteiger partial charge is 0.412 e. The van der Waals surface area contributed by atoms with Crippen LogP contribution in [0.2, 0.25) is 0 Å². The summed E-state index contributed by atoms with van der Waals surface area (Å²) in [7, 11) is 1.31. The molecule has 0 saturated carbocycles. The second kappa shape index (κ2) is 13.1. The van der Waals surface area contributed by atoms with Crippen LogP contribution in [-0.4, -0.2) is 77.5 Å². The van der Waals surface area contributed by atoms with Gasteiger partial charge in [0, 0.05) is 39.1 Å². The van der Waals surface area contributed by atoms with Gasteiger partial charge >= 0.3 is 18.0 Å². The van der Waals surface area contributed by atoms with Crippen LogP contribution in [0.25, 0.3) is 21.8 Å². The Labute approximate surface area is 264 Å². The van der Waals surface area contributed by atoms with Gasteiger partial charge in [-0.2, -0.15) is 0 Å². The number of anilines is 1. The number of rotatable bonds is 8. The Kier molecular flexibility index (Phi) is 8.85. The van der Waals surface area contributed by atoms with Gasteiger partial charge in [0.15, 0.2) is 24.6 Å². The number of benzene rings is 3. The van der Waals surface area contributed by atoms with E-state index in [0.29, 0.717) is 16.7 Å². The van der Waals surface area contributed by atoms with Crippen LogP contribution < -0.4 is 5.32 Å². The first-order valence-corrected chi connectivity index (χ1v) is 14.7. The Morgan fingerprint density at radius 2 is 1.36 bits per heavy atom. The highest BCUT2D eigenvalue weighted by molar-refractivity contribution is 9.10. The number of aliphatic hydroxyl groups is 1. The molecule has 0 aliphatic carbocycles. The van der Waals surface area contributed by atoms with Crippen molar-refractivity contribution in [2.75, 3.05) is 19.0 Å². The van der Waals surface area contributed by atoms with E-state index < -0.39 is 55.3 Å². The lowest BCUT2D eigenvalue weighted by atomic mass is 9.98. The van der Waals surface area contributed by atoms with Crippen molar-refractivity contribution in [2.24, 2.45) is 0 Å². The summed E-state index contributed by atoms with van der Waals surface area (Å²) in [6, 6.07) is 24.5. The van der Waals surface area contributed by atoms with Gasteiger partial charge in [0.2, 0.25) is 0 Å². The molecule has 5 aromatic rings. The van der Waals surface area contributed by atoms with Crippen molar-refractivity contribution >= 4 is 61.5 Å². The maximum absolute atomic E-state index is 13.5. The third-order valence-corrected chi connectivity index (χ3v) is 7.85. The topological polar surface area (TPSA) is 161 Å². The molecule has 0 bridgehead atoms. The number of H-pyrrole nitrogens is 2. The summed E-state index contributed by atoms with van der Waals surface area (Å²) in [5.41, 5.74) is 2.06. The minimum absolute atomic E-state index is 0.107. The van der Waals surface area contributed by atoms with E-state index in [1.54, 1.807) is 48.5 Å². The first kappa shape index (κ1) is 30.3. The van der Waals surface area contributed by atoms with Gasteiger partial charge in [-0.15, -0.1) is 0 Å². The van der Waals surface area contributed by atoms with Crippen LogP contribution >= 0.6 is 15.9 Å². The number of hydrogen-bond donors (Lipinski definition) is 4. The van der Waals surface area contributed by atoms with Crippen LogP contribution in [-0.2, 0) is 23.7 Å². The van der Waals surface area contributed by atoms with Crippen LogP contribution in [0.4, 0.5) is 10.5 Å². The van der Waals surface area contributed by atoms with E-state index in [1.807, 2.05) is 36.4 Å². The number of aromatic nitrogens is 2. The molecule has 6 rings (SSSR count). The molecule has 45 heavy (non-hydrogen) atoms. The second-order valence-electron chi connectivity index (χ2n) is 10.2. The molecule has 1 aliphatic heterocycles. The van der Waals surface area contributed by atoms with Crippen LogP contribution in [0.3, 0.4) is 0 Å². The summed E-state index contributed by atoms with van der Waals surface area (Å²) in [4.78, 5) is 46.0. The fraction of sp³-hybridized carbons (Fsp3) is 0.219. The Morgan fingerprint density at radius 3 is 1.89 bits per heavy atom. The molecule has 0 spiro atoms. The van der Waals surface area contributed by atoms with E-state index in [-0.39, 0.29) is 11.4 Å². The highest BCUT2D eigenvalue weighted by Gasteiger charge is 2.53. The number of hydrogen-bond acceptors (Lipinski definition) is 9. The maximum atomic E-state index is 13.5. The van der Waals surface area contributed by atoms with Crippen molar-refractivity contribution in [1.29, 1.82) is 0 Å². The number of esters is 2. The molecule has 1 amide bonds. The lowest BCUT2D eigenvalue weighted by molar-refractivity contribution is -0.291.